The Hall–Kier alpha value is -4.21. The van der Waals surface area contributed by atoms with Crippen molar-refractivity contribution in [2.24, 2.45) is 0 Å². The lowest BCUT2D eigenvalue weighted by Gasteiger charge is -2.37. The molecule has 2 aliphatic heterocycles. The summed E-state index contributed by atoms with van der Waals surface area (Å²) in [5, 5.41) is 3.59. The molecule has 8 nitrogen and oxygen atoms in total. The maximum absolute atomic E-state index is 15.6. The highest BCUT2D eigenvalue weighted by atomic mass is 35.5. The fraction of sp³-hybridized carbons (Fsp3) is 0.378. The molecule has 0 amide bonds. The second-order valence-electron chi connectivity index (χ2n) is 15.4. The summed E-state index contributed by atoms with van der Waals surface area (Å²) < 4.78 is 90.4. The third kappa shape index (κ3) is 9.32. The SMILES string of the molecule is CSc1c(-c2cc(F)cc(N3CCN(c4ccc(-c5ccc(NCCCN6CCOCC6)c(S(=O)(=O)C(F)(F)F)c5)cc4)CC3)c2)c(-c2ccc(Cl)cc2)n(C(C)C)c1C. The van der Waals surface area contributed by atoms with E-state index in [4.69, 9.17) is 16.3 Å². The summed E-state index contributed by atoms with van der Waals surface area (Å²) >= 11 is 7.93. The number of hydrogen-bond donors (Lipinski definition) is 1. The van der Waals surface area contributed by atoms with Crippen LogP contribution in [-0.4, -0.2) is 95.2 Å². The number of sulfone groups is 1. The molecule has 320 valence electrons. The minimum absolute atomic E-state index is 0.0753. The van der Waals surface area contributed by atoms with Crippen LogP contribution in [0.2, 0.25) is 5.02 Å². The Labute approximate surface area is 359 Å². The second-order valence-corrected chi connectivity index (χ2v) is 18.6. The van der Waals surface area contributed by atoms with Gasteiger partial charge in [-0.05, 0) is 117 Å². The Bertz CT molecular complexity index is 2390. The molecule has 2 aliphatic rings. The lowest BCUT2D eigenvalue weighted by Crippen LogP contribution is -2.46. The predicted molar refractivity (Wildman–Crippen MR) is 237 cm³/mol. The Morgan fingerprint density at radius 2 is 1.42 bits per heavy atom. The summed E-state index contributed by atoms with van der Waals surface area (Å²) in [6.07, 6.45) is 2.68. The topological polar surface area (TPSA) is 70.1 Å². The zero-order valence-electron chi connectivity index (χ0n) is 34.2. The molecule has 7 rings (SSSR count). The van der Waals surface area contributed by atoms with E-state index in [0.717, 1.165) is 70.0 Å². The highest BCUT2D eigenvalue weighted by molar-refractivity contribution is 7.98. The Morgan fingerprint density at radius 3 is 2.03 bits per heavy atom. The van der Waals surface area contributed by atoms with Gasteiger partial charge in [0.1, 0.15) is 5.82 Å². The second kappa shape index (κ2) is 18.4. The van der Waals surface area contributed by atoms with E-state index in [1.54, 1.807) is 42.1 Å². The lowest BCUT2D eigenvalue weighted by molar-refractivity contribution is -0.0435. The molecule has 2 fully saturated rings. The largest absolute Gasteiger partial charge is 0.501 e. The molecule has 0 atom stereocenters. The van der Waals surface area contributed by atoms with Gasteiger partial charge in [-0.25, -0.2) is 12.8 Å². The van der Waals surface area contributed by atoms with E-state index in [1.807, 2.05) is 42.7 Å². The fourth-order valence-corrected chi connectivity index (χ4v) is 10.2. The first kappa shape index (κ1) is 43.9. The molecule has 0 spiro atoms. The van der Waals surface area contributed by atoms with Crippen LogP contribution >= 0.6 is 23.4 Å². The van der Waals surface area contributed by atoms with Crippen LogP contribution in [0.4, 0.5) is 34.6 Å². The van der Waals surface area contributed by atoms with Crippen molar-refractivity contribution in [1.82, 2.24) is 9.47 Å². The number of alkyl halides is 3. The van der Waals surface area contributed by atoms with Crippen molar-refractivity contribution < 1.29 is 30.7 Å². The number of benzene rings is 4. The van der Waals surface area contributed by atoms with E-state index >= 15 is 4.39 Å². The molecule has 2 saturated heterocycles. The third-order valence-corrected chi connectivity index (χ3v) is 13.9. The van der Waals surface area contributed by atoms with Crippen LogP contribution in [-0.2, 0) is 14.6 Å². The van der Waals surface area contributed by atoms with Gasteiger partial charge in [-0.15, -0.1) is 11.8 Å². The van der Waals surface area contributed by atoms with Gasteiger partial charge in [0.2, 0.25) is 0 Å². The average molecular weight is 885 g/mol. The van der Waals surface area contributed by atoms with E-state index in [9.17, 15) is 21.6 Å². The number of nitrogens with one attached hydrogen (secondary N) is 1. The van der Waals surface area contributed by atoms with Gasteiger partial charge >= 0.3 is 5.51 Å². The normalized spacial score (nSPS) is 15.6. The third-order valence-electron chi connectivity index (χ3n) is 11.3. The number of thioether (sulfide) groups is 1. The van der Waals surface area contributed by atoms with Crippen LogP contribution in [0.1, 0.15) is 32.0 Å². The van der Waals surface area contributed by atoms with Crippen LogP contribution in [0.3, 0.4) is 0 Å². The van der Waals surface area contributed by atoms with Crippen molar-refractivity contribution in [3.05, 3.63) is 101 Å². The molecule has 60 heavy (non-hydrogen) atoms. The molecule has 5 aromatic rings. The predicted octanol–water partition coefficient (Wildman–Crippen LogP) is 10.6. The molecule has 0 bridgehead atoms. The summed E-state index contributed by atoms with van der Waals surface area (Å²) in [5.74, 6) is -0.316. The minimum Gasteiger partial charge on any atom is -0.384 e. The Morgan fingerprint density at radius 1 is 0.800 bits per heavy atom. The van der Waals surface area contributed by atoms with Crippen molar-refractivity contribution >= 4 is 50.3 Å². The number of anilines is 3. The van der Waals surface area contributed by atoms with E-state index in [1.165, 1.54) is 6.07 Å². The van der Waals surface area contributed by atoms with Gasteiger partial charge in [0.05, 0.1) is 29.5 Å². The first-order valence-corrected chi connectivity index (χ1v) is 23.2. The van der Waals surface area contributed by atoms with Gasteiger partial charge < -0.3 is 24.4 Å². The average Bonchev–Trinajstić information content (AvgIpc) is 3.54. The molecule has 0 unspecified atom stereocenters. The van der Waals surface area contributed by atoms with Gasteiger partial charge in [0, 0.05) is 84.4 Å². The number of ether oxygens (including phenoxy) is 1. The molecule has 0 radical (unpaired) electrons. The van der Waals surface area contributed by atoms with Gasteiger partial charge in [-0.2, -0.15) is 13.2 Å². The van der Waals surface area contributed by atoms with Crippen molar-refractivity contribution in [1.29, 1.82) is 0 Å². The van der Waals surface area contributed by atoms with Gasteiger partial charge in [-0.3, -0.25) is 4.90 Å². The van der Waals surface area contributed by atoms with Crippen molar-refractivity contribution in [2.75, 3.05) is 86.9 Å². The standard InChI is InChI=1S/C45H50ClF4N5O3S2/c1-30(2)55-31(3)44(59-4)42(43(55)33-6-11-36(46)12-7-33)35-26-37(47)29-39(27-35)54-20-18-53(19-21-54)38-13-8-32(9-14-38)34-10-15-40(41(28-34)60(56,57)45(48,49)50)51-16-5-17-52-22-24-58-25-23-52/h6-15,26-30,51H,5,16-25H2,1-4H3. The van der Waals surface area contributed by atoms with Gasteiger partial charge in [-0.1, -0.05) is 41.9 Å². The molecule has 0 aliphatic carbocycles. The van der Waals surface area contributed by atoms with Gasteiger partial charge in [0.15, 0.2) is 0 Å². The summed E-state index contributed by atoms with van der Waals surface area (Å²) in [5.41, 5.74) is 2.07. The lowest BCUT2D eigenvalue weighted by atomic mass is 9.99. The van der Waals surface area contributed by atoms with Crippen molar-refractivity contribution in [2.45, 2.75) is 48.5 Å². The molecule has 1 N–H and O–H groups in total. The van der Waals surface area contributed by atoms with E-state index in [2.05, 4.69) is 51.4 Å². The number of aromatic nitrogens is 1. The first-order valence-electron chi connectivity index (χ1n) is 20.1. The number of nitrogens with zero attached hydrogens (tertiary/aromatic N) is 4. The van der Waals surface area contributed by atoms with Crippen molar-refractivity contribution in [3.8, 4) is 33.5 Å². The zero-order valence-corrected chi connectivity index (χ0v) is 36.5. The Balaban J connectivity index is 1.07. The minimum atomic E-state index is -5.63. The van der Waals surface area contributed by atoms with Crippen LogP contribution in [0.15, 0.2) is 94.7 Å². The summed E-state index contributed by atoms with van der Waals surface area (Å²) in [6.45, 7) is 12.9. The van der Waals surface area contributed by atoms with Crippen LogP contribution < -0.4 is 15.1 Å². The molecule has 0 saturated carbocycles. The molecule has 15 heteroatoms. The highest BCUT2D eigenvalue weighted by Gasteiger charge is 2.48. The van der Waals surface area contributed by atoms with Gasteiger partial charge in [0.25, 0.3) is 9.84 Å². The number of piperazine rings is 1. The van der Waals surface area contributed by atoms with E-state index in [0.29, 0.717) is 68.5 Å². The van der Waals surface area contributed by atoms with E-state index < -0.39 is 20.2 Å². The highest BCUT2D eigenvalue weighted by Crippen LogP contribution is 2.46. The molecular weight excluding hydrogens is 834 g/mol. The quantitative estimate of drug-likeness (QED) is 0.0712. The summed E-state index contributed by atoms with van der Waals surface area (Å²) in [6, 6.07) is 24.7. The zero-order chi connectivity index (χ0) is 42.8. The Kier molecular flexibility index (Phi) is 13.5. The fourth-order valence-electron chi connectivity index (χ4n) is 8.27. The number of morpholine rings is 1. The maximum Gasteiger partial charge on any atom is 0.501 e. The number of hydrogen-bond acceptors (Lipinski definition) is 8. The molecule has 4 aromatic carbocycles. The molecule has 3 heterocycles. The molecular formula is C45H50ClF4N5O3S2. The monoisotopic (exact) mass is 883 g/mol. The van der Waals surface area contributed by atoms with E-state index in [-0.39, 0.29) is 17.5 Å². The van der Waals surface area contributed by atoms with Crippen molar-refractivity contribution in [3.63, 3.8) is 0 Å². The van der Waals surface area contributed by atoms with Crippen LogP contribution in [0.25, 0.3) is 33.5 Å². The molecule has 1 aromatic heterocycles. The maximum atomic E-state index is 15.6. The number of rotatable bonds is 13. The number of halogens is 5. The summed E-state index contributed by atoms with van der Waals surface area (Å²) in [7, 11) is -5.63. The summed E-state index contributed by atoms with van der Waals surface area (Å²) in [4.78, 5) is 6.91. The first-order chi connectivity index (χ1) is 28.7. The van der Waals surface area contributed by atoms with Crippen LogP contribution in [0.5, 0.6) is 0 Å². The smallest absolute Gasteiger partial charge is 0.384 e. The van der Waals surface area contributed by atoms with Crippen LogP contribution in [0, 0.1) is 12.7 Å².